The first-order valence-electron chi connectivity index (χ1n) is 6.27. The van der Waals surface area contributed by atoms with Crippen LogP contribution in [0.4, 0.5) is 14.9 Å². The monoisotopic (exact) mass is 272 g/mol. The minimum atomic E-state index is -0.345. The number of carbonyl (C=O) groups excluding carboxylic acids is 1. The Morgan fingerprint density at radius 1 is 1.20 bits per heavy atom. The number of anilines is 1. The summed E-state index contributed by atoms with van der Waals surface area (Å²) in [4.78, 5) is 11.9. The molecule has 0 fully saturated rings. The van der Waals surface area contributed by atoms with Gasteiger partial charge in [-0.15, -0.1) is 0 Å². The highest BCUT2D eigenvalue weighted by Gasteiger charge is 2.26. The average molecular weight is 272 g/mol. The van der Waals surface area contributed by atoms with E-state index in [1.54, 1.807) is 18.2 Å². The number of rotatable bonds is 2. The molecule has 0 saturated heterocycles. The first kappa shape index (κ1) is 12.5. The normalized spacial score (nSPS) is 16.1. The molecule has 20 heavy (non-hydrogen) atoms. The highest BCUT2D eigenvalue weighted by atomic mass is 19.1. The van der Waals surface area contributed by atoms with Crippen LogP contribution in [0.25, 0.3) is 0 Å². The predicted octanol–water partition coefficient (Wildman–Crippen LogP) is 3.08. The zero-order chi connectivity index (χ0) is 13.9. The van der Waals surface area contributed by atoms with Crippen molar-refractivity contribution < 1.29 is 13.9 Å². The Morgan fingerprint density at radius 2 is 2.00 bits per heavy atom. The maximum absolute atomic E-state index is 13.2. The molecule has 0 aliphatic carbocycles. The second-order valence-corrected chi connectivity index (χ2v) is 4.51. The maximum atomic E-state index is 13.2. The number of fused-ring (bicyclic) bond motifs is 1. The lowest BCUT2D eigenvalue weighted by molar-refractivity contribution is 0.243. The van der Waals surface area contributed by atoms with Crippen molar-refractivity contribution in [2.24, 2.45) is 0 Å². The first-order valence-corrected chi connectivity index (χ1v) is 6.27. The van der Waals surface area contributed by atoms with E-state index in [0.717, 1.165) is 0 Å². The summed E-state index contributed by atoms with van der Waals surface area (Å²) >= 11 is 0. The second kappa shape index (κ2) is 5.21. The number of hydrogen-bond donors (Lipinski definition) is 2. The number of para-hydroxylation sites is 1. The third kappa shape index (κ3) is 2.56. The van der Waals surface area contributed by atoms with Gasteiger partial charge in [0, 0.05) is 11.3 Å². The van der Waals surface area contributed by atoms with Crippen LogP contribution in [0.2, 0.25) is 0 Å². The van der Waals surface area contributed by atoms with Gasteiger partial charge in [-0.3, -0.25) is 0 Å². The molecular formula is C15H13FN2O2. The van der Waals surface area contributed by atoms with Gasteiger partial charge < -0.3 is 15.4 Å². The Bertz CT molecular complexity index is 631. The van der Waals surface area contributed by atoms with E-state index in [-0.39, 0.29) is 17.9 Å². The molecule has 2 amide bonds. The van der Waals surface area contributed by atoms with Crippen LogP contribution < -0.4 is 15.4 Å². The Balaban J connectivity index is 1.68. The number of benzene rings is 2. The summed E-state index contributed by atoms with van der Waals surface area (Å²) in [6, 6.07) is 12.7. The van der Waals surface area contributed by atoms with Crippen molar-refractivity contribution in [3.8, 4) is 5.75 Å². The van der Waals surface area contributed by atoms with Crippen LogP contribution in [-0.4, -0.2) is 12.6 Å². The molecule has 1 atom stereocenters. The average Bonchev–Trinajstić information content (AvgIpc) is 2.82. The first-order chi connectivity index (χ1) is 9.72. The minimum absolute atomic E-state index is 0.307. The Labute approximate surface area is 115 Å². The quantitative estimate of drug-likeness (QED) is 0.882. The highest BCUT2D eigenvalue weighted by Crippen LogP contribution is 2.32. The van der Waals surface area contributed by atoms with E-state index in [2.05, 4.69) is 10.6 Å². The standard InChI is InChI=1S/C15H13FN2O2/c16-10-6-7-14-12(8-10)13(9-20-14)18-15(19)17-11-4-2-1-3-5-11/h1-8,13H,9H2,(H2,17,18,19). The van der Waals surface area contributed by atoms with Crippen LogP contribution in [0.3, 0.4) is 0 Å². The molecule has 2 aromatic rings. The molecule has 0 bridgehead atoms. The van der Waals surface area contributed by atoms with Crippen molar-refractivity contribution >= 4 is 11.7 Å². The van der Waals surface area contributed by atoms with E-state index in [1.165, 1.54) is 12.1 Å². The Kier molecular flexibility index (Phi) is 3.25. The number of halogens is 1. The van der Waals surface area contributed by atoms with Gasteiger partial charge >= 0.3 is 6.03 Å². The number of carbonyl (C=O) groups is 1. The number of amides is 2. The molecule has 102 valence electrons. The van der Waals surface area contributed by atoms with Crippen LogP contribution in [-0.2, 0) is 0 Å². The van der Waals surface area contributed by atoms with Crippen LogP contribution in [0, 0.1) is 5.82 Å². The van der Waals surface area contributed by atoms with Crippen LogP contribution in [0.15, 0.2) is 48.5 Å². The molecule has 0 aromatic heterocycles. The SMILES string of the molecule is O=C(Nc1ccccc1)NC1COc2ccc(F)cc21. The van der Waals surface area contributed by atoms with E-state index < -0.39 is 0 Å². The van der Waals surface area contributed by atoms with Gasteiger partial charge in [0.1, 0.15) is 18.2 Å². The summed E-state index contributed by atoms with van der Waals surface area (Å²) in [7, 11) is 0. The molecule has 5 heteroatoms. The van der Waals surface area contributed by atoms with E-state index in [4.69, 9.17) is 4.74 Å². The van der Waals surface area contributed by atoms with Crippen molar-refractivity contribution in [1.29, 1.82) is 0 Å². The summed E-state index contributed by atoms with van der Waals surface area (Å²) in [5.74, 6) is 0.265. The van der Waals surface area contributed by atoms with Gasteiger partial charge in [-0.1, -0.05) is 18.2 Å². The van der Waals surface area contributed by atoms with Gasteiger partial charge in [-0.05, 0) is 30.3 Å². The smallest absolute Gasteiger partial charge is 0.319 e. The van der Waals surface area contributed by atoms with Gasteiger partial charge in [-0.25, -0.2) is 9.18 Å². The molecule has 1 unspecified atom stereocenters. The third-order valence-corrected chi connectivity index (χ3v) is 3.09. The molecule has 0 saturated carbocycles. The van der Waals surface area contributed by atoms with E-state index in [1.807, 2.05) is 18.2 Å². The zero-order valence-corrected chi connectivity index (χ0v) is 10.6. The number of ether oxygens (including phenoxy) is 1. The molecule has 1 heterocycles. The molecule has 3 rings (SSSR count). The summed E-state index contributed by atoms with van der Waals surface area (Å²) < 4.78 is 18.6. The van der Waals surface area contributed by atoms with Crippen molar-refractivity contribution in [1.82, 2.24) is 5.32 Å². The molecule has 1 aliphatic heterocycles. The maximum Gasteiger partial charge on any atom is 0.319 e. The lowest BCUT2D eigenvalue weighted by atomic mass is 10.1. The molecule has 4 nitrogen and oxygen atoms in total. The topological polar surface area (TPSA) is 50.4 Å². The Morgan fingerprint density at radius 3 is 2.80 bits per heavy atom. The Hall–Kier alpha value is -2.56. The van der Waals surface area contributed by atoms with Gasteiger partial charge in [0.25, 0.3) is 0 Å². The lowest BCUT2D eigenvalue weighted by Gasteiger charge is -2.12. The van der Waals surface area contributed by atoms with E-state index in [9.17, 15) is 9.18 Å². The molecule has 2 N–H and O–H groups in total. The zero-order valence-electron chi connectivity index (χ0n) is 10.6. The number of nitrogens with one attached hydrogen (secondary N) is 2. The van der Waals surface area contributed by atoms with Gasteiger partial charge in [0.15, 0.2) is 0 Å². The van der Waals surface area contributed by atoms with Crippen molar-refractivity contribution in [2.75, 3.05) is 11.9 Å². The van der Waals surface area contributed by atoms with E-state index >= 15 is 0 Å². The summed E-state index contributed by atoms with van der Waals surface area (Å²) in [5.41, 5.74) is 1.36. The van der Waals surface area contributed by atoms with Crippen molar-refractivity contribution in [3.05, 3.63) is 59.9 Å². The largest absolute Gasteiger partial charge is 0.491 e. The molecule has 0 radical (unpaired) electrons. The lowest BCUT2D eigenvalue weighted by Crippen LogP contribution is -2.33. The van der Waals surface area contributed by atoms with Gasteiger partial charge in [0.2, 0.25) is 0 Å². The summed E-state index contributed by atoms with van der Waals surface area (Å²) in [6.07, 6.45) is 0. The molecule has 1 aliphatic rings. The molecular weight excluding hydrogens is 259 g/mol. The van der Waals surface area contributed by atoms with Crippen molar-refractivity contribution in [3.63, 3.8) is 0 Å². The minimum Gasteiger partial charge on any atom is -0.491 e. The van der Waals surface area contributed by atoms with Crippen LogP contribution >= 0.6 is 0 Å². The van der Waals surface area contributed by atoms with E-state index in [0.29, 0.717) is 23.6 Å². The van der Waals surface area contributed by atoms with Crippen LogP contribution in [0.1, 0.15) is 11.6 Å². The van der Waals surface area contributed by atoms with Gasteiger partial charge in [0.05, 0.1) is 6.04 Å². The van der Waals surface area contributed by atoms with Gasteiger partial charge in [-0.2, -0.15) is 0 Å². The third-order valence-electron chi connectivity index (χ3n) is 3.09. The summed E-state index contributed by atoms with van der Waals surface area (Å²) in [5, 5.41) is 5.48. The van der Waals surface area contributed by atoms with Crippen LogP contribution in [0.5, 0.6) is 5.75 Å². The predicted molar refractivity (Wildman–Crippen MR) is 73.2 cm³/mol. The fourth-order valence-electron chi connectivity index (χ4n) is 2.15. The molecule has 2 aromatic carbocycles. The summed E-state index contributed by atoms with van der Waals surface area (Å²) in [6.45, 7) is 0.307. The second-order valence-electron chi connectivity index (χ2n) is 4.51. The fourth-order valence-corrected chi connectivity index (χ4v) is 2.15. The molecule has 0 spiro atoms. The number of hydrogen-bond acceptors (Lipinski definition) is 2. The number of urea groups is 1. The van der Waals surface area contributed by atoms with Crippen molar-refractivity contribution in [2.45, 2.75) is 6.04 Å². The fraction of sp³-hybridized carbons (Fsp3) is 0.133. The highest BCUT2D eigenvalue weighted by molar-refractivity contribution is 5.89.